The van der Waals surface area contributed by atoms with Crippen molar-refractivity contribution in [2.24, 2.45) is 7.05 Å². The average molecular weight is 273 g/mol. The zero-order valence-corrected chi connectivity index (χ0v) is 12.5. The monoisotopic (exact) mass is 272 g/mol. The fourth-order valence-electron chi connectivity index (χ4n) is 1.69. The molecule has 0 aliphatic carbocycles. The van der Waals surface area contributed by atoms with Crippen LogP contribution in [0.1, 0.15) is 18.2 Å². The molecule has 1 aromatic rings. The number of aryl methyl sites for hydroxylation is 2. The zero-order valence-electron chi connectivity index (χ0n) is 11.7. The van der Waals surface area contributed by atoms with Gasteiger partial charge in [-0.25, -0.2) is 0 Å². The Kier molecular flexibility index (Phi) is 5.16. The number of amides is 1. The van der Waals surface area contributed by atoms with Crippen LogP contribution in [0.4, 0.5) is 0 Å². The molecule has 18 heavy (non-hydrogen) atoms. The van der Waals surface area contributed by atoms with E-state index in [2.05, 4.69) is 10.00 Å². The van der Waals surface area contributed by atoms with Gasteiger partial charge >= 0.3 is 0 Å². The summed E-state index contributed by atoms with van der Waals surface area (Å²) in [4.78, 5) is 15.4. The van der Waals surface area contributed by atoms with E-state index in [-0.39, 0.29) is 5.91 Å². The third-order valence-corrected chi connectivity index (χ3v) is 3.43. The second kappa shape index (κ2) is 6.20. The molecule has 0 bridgehead atoms. The molecule has 0 atom stereocenters. The van der Waals surface area contributed by atoms with Gasteiger partial charge in [-0.2, -0.15) is 5.10 Å². The maximum Gasteiger partial charge on any atom is 0.236 e. The normalized spacial score (nSPS) is 11.1. The van der Waals surface area contributed by atoms with Gasteiger partial charge in [0.1, 0.15) is 5.15 Å². The number of aromatic nitrogens is 2. The summed E-state index contributed by atoms with van der Waals surface area (Å²) in [6.07, 6.45) is 0. The lowest BCUT2D eigenvalue weighted by Crippen LogP contribution is -2.36. The first-order valence-electron chi connectivity index (χ1n) is 5.97. The lowest BCUT2D eigenvalue weighted by Gasteiger charge is -2.21. The van der Waals surface area contributed by atoms with Crippen LogP contribution in [0, 0.1) is 6.92 Å². The molecular weight excluding hydrogens is 252 g/mol. The zero-order chi connectivity index (χ0) is 13.9. The molecule has 0 aliphatic heterocycles. The van der Waals surface area contributed by atoms with E-state index < -0.39 is 0 Å². The minimum absolute atomic E-state index is 0.0921. The van der Waals surface area contributed by atoms with Crippen molar-refractivity contribution in [2.45, 2.75) is 20.4 Å². The average Bonchev–Trinajstić information content (AvgIpc) is 2.54. The Labute approximate surface area is 113 Å². The van der Waals surface area contributed by atoms with Crippen LogP contribution in [0.3, 0.4) is 0 Å². The van der Waals surface area contributed by atoms with E-state index in [1.54, 1.807) is 23.7 Å². The predicted molar refractivity (Wildman–Crippen MR) is 72.6 cm³/mol. The summed E-state index contributed by atoms with van der Waals surface area (Å²) in [5, 5.41) is 4.92. The van der Waals surface area contributed by atoms with Gasteiger partial charge in [-0.3, -0.25) is 14.4 Å². The van der Waals surface area contributed by atoms with Gasteiger partial charge in [-0.05, 0) is 13.5 Å². The van der Waals surface area contributed by atoms with Gasteiger partial charge in [0.2, 0.25) is 5.91 Å². The van der Waals surface area contributed by atoms with Crippen molar-refractivity contribution in [1.29, 1.82) is 0 Å². The van der Waals surface area contributed by atoms with Crippen LogP contribution in [0.2, 0.25) is 5.15 Å². The van der Waals surface area contributed by atoms with E-state index in [0.29, 0.717) is 18.2 Å². The van der Waals surface area contributed by atoms with Gasteiger partial charge < -0.3 is 4.90 Å². The molecule has 102 valence electrons. The first-order valence-corrected chi connectivity index (χ1v) is 6.35. The minimum atomic E-state index is 0.0921. The van der Waals surface area contributed by atoms with Crippen LogP contribution in [-0.2, 0) is 18.4 Å². The lowest BCUT2D eigenvalue weighted by molar-refractivity contribution is -0.130. The second-order valence-electron chi connectivity index (χ2n) is 4.57. The molecule has 0 spiro atoms. The number of likely N-dealkylation sites (N-methyl/N-ethyl adjacent to an activating group) is 2. The number of hydrogen-bond donors (Lipinski definition) is 0. The molecule has 0 aliphatic rings. The highest BCUT2D eigenvalue weighted by Crippen LogP contribution is 2.20. The fraction of sp³-hybridized carbons (Fsp3) is 0.667. The Morgan fingerprint density at radius 1 is 1.44 bits per heavy atom. The molecule has 0 aromatic carbocycles. The van der Waals surface area contributed by atoms with E-state index in [9.17, 15) is 4.79 Å². The first-order chi connectivity index (χ1) is 8.36. The van der Waals surface area contributed by atoms with Crippen LogP contribution < -0.4 is 0 Å². The van der Waals surface area contributed by atoms with Crippen molar-refractivity contribution in [3.8, 4) is 0 Å². The van der Waals surface area contributed by atoms with Crippen LogP contribution in [0.5, 0.6) is 0 Å². The molecule has 0 fully saturated rings. The van der Waals surface area contributed by atoms with E-state index in [1.165, 1.54) is 0 Å². The molecule has 1 amide bonds. The van der Waals surface area contributed by atoms with Crippen LogP contribution in [0.25, 0.3) is 0 Å². The highest BCUT2D eigenvalue weighted by molar-refractivity contribution is 6.30. The molecule has 1 aromatic heterocycles. The van der Waals surface area contributed by atoms with Crippen molar-refractivity contribution in [2.75, 3.05) is 27.2 Å². The summed E-state index contributed by atoms with van der Waals surface area (Å²) in [5.74, 6) is 0.0921. The Bertz CT molecular complexity index is 428. The third kappa shape index (κ3) is 3.46. The predicted octanol–water partition coefficient (Wildman–Crippen LogP) is 1.29. The van der Waals surface area contributed by atoms with Gasteiger partial charge in [0.05, 0.1) is 12.2 Å². The van der Waals surface area contributed by atoms with Crippen LogP contribution in [0.15, 0.2) is 0 Å². The van der Waals surface area contributed by atoms with Gasteiger partial charge in [-0.1, -0.05) is 18.5 Å². The summed E-state index contributed by atoms with van der Waals surface area (Å²) < 4.78 is 1.66. The number of carbonyl (C=O) groups excluding carboxylic acids is 1. The van der Waals surface area contributed by atoms with E-state index in [0.717, 1.165) is 17.8 Å². The van der Waals surface area contributed by atoms with Crippen LogP contribution in [-0.4, -0.2) is 52.7 Å². The maximum atomic E-state index is 11.7. The van der Waals surface area contributed by atoms with E-state index in [1.807, 2.05) is 20.9 Å². The van der Waals surface area contributed by atoms with E-state index >= 15 is 0 Å². The Balaban J connectivity index is 2.77. The molecule has 0 saturated carbocycles. The van der Waals surface area contributed by atoms with Crippen molar-refractivity contribution in [3.05, 3.63) is 16.4 Å². The number of hydrogen-bond acceptors (Lipinski definition) is 3. The van der Waals surface area contributed by atoms with Crippen LogP contribution >= 0.6 is 11.6 Å². The Hall–Kier alpha value is -1.07. The molecule has 0 saturated heterocycles. The second-order valence-corrected chi connectivity index (χ2v) is 4.93. The molecule has 1 heterocycles. The van der Waals surface area contributed by atoms with Gasteiger partial charge in [-0.15, -0.1) is 0 Å². The minimum Gasteiger partial charge on any atom is -0.348 e. The quantitative estimate of drug-likeness (QED) is 0.811. The van der Waals surface area contributed by atoms with Crippen molar-refractivity contribution in [1.82, 2.24) is 19.6 Å². The smallest absolute Gasteiger partial charge is 0.236 e. The molecular formula is C12H21ClN4O. The number of carbonyl (C=O) groups is 1. The van der Waals surface area contributed by atoms with Gasteiger partial charge in [0.25, 0.3) is 0 Å². The Morgan fingerprint density at radius 2 is 2.06 bits per heavy atom. The molecule has 1 rings (SSSR count). The van der Waals surface area contributed by atoms with Crippen molar-refractivity contribution >= 4 is 17.5 Å². The summed E-state index contributed by atoms with van der Waals surface area (Å²) in [6, 6.07) is 0. The van der Waals surface area contributed by atoms with E-state index in [4.69, 9.17) is 11.6 Å². The Morgan fingerprint density at radius 3 is 2.44 bits per heavy atom. The number of halogens is 1. The molecule has 0 unspecified atom stereocenters. The summed E-state index contributed by atoms with van der Waals surface area (Å²) >= 11 is 6.19. The largest absolute Gasteiger partial charge is 0.348 e. The number of nitrogens with zero attached hydrogens (tertiary/aromatic N) is 4. The highest BCUT2D eigenvalue weighted by atomic mass is 35.5. The molecule has 0 N–H and O–H groups in total. The van der Waals surface area contributed by atoms with Gasteiger partial charge in [0.15, 0.2) is 0 Å². The van der Waals surface area contributed by atoms with Crippen molar-refractivity contribution in [3.63, 3.8) is 0 Å². The lowest BCUT2D eigenvalue weighted by atomic mass is 10.2. The molecule has 0 radical (unpaired) electrons. The van der Waals surface area contributed by atoms with Gasteiger partial charge in [0, 0.05) is 33.3 Å². The summed E-state index contributed by atoms with van der Waals surface area (Å²) in [6.45, 7) is 5.80. The molecule has 6 heteroatoms. The number of rotatable bonds is 5. The fourth-order valence-corrected chi connectivity index (χ4v) is 1.92. The van der Waals surface area contributed by atoms with Crippen molar-refractivity contribution < 1.29 is 4.79 Å². The standard InChI is InChI=1S/C12H21ClN4O/c1-6-17(8-11(18)15(3)4)7-10-9(2)14-16(5)12(10)13/h6-8H2,1-5H3. The highest BCUT2D eigenvalue weighted by Gasteiger charge is 2.17. The molecule has 5 nitrogen and oxygen atoms in total. The first kappa shape index (κ1) is 15.0. The summed E-state index contributed by atoms with van der Waals surface area (Å²) in [5.41, 5.74) is 1.91. The third-order valence-electron chi connectivity index (χ3n) is 2.96. The maximum absolute atomic E-state index is 11.7. The SMILES string of the molecule is CCN(CC(=O)N(C)C)Cc1c(C)nn(C)c1Cl. The summed E-state index contributed by atoms with van der Waals surface area (Å²) in [7, 11) is 5.34. The topological polar surface area (TPSA) is 41.4 Å².